The van der Waals surface area contributed by atoms with Gasteiger partial charge in [-0.1, -0.05) is 35.5 Å². The maximum absolute atomic E-state index is 6.08. The average molecular weight is 267 g/mol. The Morgan fingerprint density at radius 1 is 1.00 bits per heavy atom. The summed E-state index contributed by atoms with van der Waals surface area (Å²) >= 11 is 0. The summed E-state index contributed by atoms with van der Waals surface area (Å²) in [5.41, 5.74) is 7.20. The van der Waals surface area contributed by atoms with Gasteiger partial charge in [0.05, 0.1) is 6.04 Å². The van der Waals surface area contributed by atoms with Crippen LogP contribution in [0, 0.1) is 0 Å². The van der Waals surface area contributed by atoms with Crippen molar-refractivity contribution in [1.29, 1.82) is 0 Å². The lowest BCUT2D eigenvalue weighted by molar-refractivity contribution is 0.354. The summed E-state index contributed by atoms with van der Waals surface area (Å²) in [6, 6.07) is 11.3. The quantitative estimate of drug-likeness (QED) is 0.774. The number of aromatic nitrogens is 4. The number of benzene rings is 1. The van der Waals surface area contributed by atoms with Gasteiger partial charge in [-0.3, -0.25) is 0 Å². The number of nitrogens with zero attached hydrogens (tertiary/aromatic N) is 4. The van der Waals surface area contributed by atoms with Crippen LogP contribution in [-0.2, 0) is 6.42 Å². The molecule has 2 N–H and O–H groups in total. The molecule has 0 amide bonds. The van der Waals surface area contributed by atoms with Crippen LogP contribution in [0.15, 0.2) is 53.3 Å². The summed E-state index contributed by atoms with van der Waals surface area (Å²) < 4.78 is 5.19. The van der Waals surface area contributed by atoms with Gasteiger partial charge in [0.25, 0.3) is 0 Å². The summed E-state index contributed by atoms with van der Waals surface area (Å²) in [5, 5.41) is 3.86. The zero-order valence-corrected chi connectivity index (χ0v) is 10.7. The van der Waals surface area contributed by atoms with Crippen LogP contribution in [0.5, 0.6) is 0 Å². The van der Waals surface area contributed by atoms with Crippen molar-refractivity contribution in [3.63, 3.8) is 0 Å². The van der Waals surface area contributed by atoms with Crippen LogP contribution in [-0.4, -0.2) is 20.1 Å². The Balaban J connectivity index is 1.77. The van der Waals surface area contributed by atoms with E-state index in [1.165, 1.54) is 0 Å². The van der Waals surface area contributed by atoms with Crippen LogP contribution in [0.4, 0.5) is 0 Å². The summed E-state index contributed by atoms with van der Waals surface area (Å²) in [5.74, 6) is 1.16. The molecule has 0 saturated carbocycles. The summed E-state index contributed by atoms with van der Waals surface area (Å²) in [6.45, 7) is 0. The molecule has 100 valence electrons. The highest BCUT2D eigenvalue weighted by molar-refractivity contribution is 5.40. The van der Waals surface area contributed by atoms with Crippen LogP contribution in [0.2, 0.25) is 0 Å². The van der Waals surface area contributed by atoms with Crippen LogP contribution in [0.1, 0.15) is 17.5 Å². The second-order valence-electron chi connectivity index (χ2n) is 4.32. The Kier molecular flexibility index (Phi) is 3.47. The molecule has 0 aliphatic carbocycles. The Bertz CT molecular complexity index is 668. The SMILES string of the molecule is N[C@H](Cc1ccccc1)c1nc(-c2ncccn2)no1. The third kappa shape index (κ3) is 2.70. The summed E-state index contributed by atoms with van der Waals surface area (Å²) in [6.07, 6.45) is 3.89. The van der Waals surface area contributed by atoms with E-state index in [9.17, 15) is 0 Å². The highest BCUT2D eigenvalue weighted by Gasteiger charge is 2.17. The fraction of sp³-hybridized carbons (Fsp3) is 0.143. The molecule has 0 unspecified atom stereocenters. The van der Waals surface area contributed by atoms with Crippen molar-refractivity contribution >= 4 is 0 Å². The molecule has 1 atom stereocenters. The van der Waals surface area contributed by atoms with Crippen molar-refractivity contribution in [3.05, 3.63) is 60.2 Å². The van der Waals surface area contributed by atoms with Gasteiger partial charge >= 0.3 is 0 Å². The van der Waals surface area contributed by atoms with E-state index in [4.69, 9.17) is 10.3 Å². The summed E-state index contributed by atoms with van der Waals surface area (Å²) in [4.78, 5) is 12.4. The Morgan fingerprint density at radius 3 is 2.50 bits per heavy atom. The average Bonchev–Trinajstić information content (AvgIpc) is 2.99. The van der Waals surface area contributed by atoms with Gasteiger partial charge in [0, 0.05) is 12.4 Å². The molecular weight excluding hydrogens is 254 g/mol. The first kappa shape index (κ1) is 12.4. The van der Waals surface area contributed by atoms with E-state index in [-0.39, 0.29) is 6.04 Å². The molecule has 3 aromatic rings. The van der Waals surface area contributed by atoms with Crippen molar-refractivity contribution in [2.24, 2.45) is 5.73 Å². The standard InChI is InChI=1S/C14H13N5O/c15-11(9-10-5-2-1-3-6-10)14-18-13(19-20-14)12-16-7-4-8-17-12/h1-8,11H,9,15H2/t11-/m1/s1. The molecule has 0 saturated heterocycles. The fourth-order valence-corrected chi connectivity index (χ4v) is 1.85. The zero-order valence-electron chi connectivity index (χ0n) is 10.7. The monoisotopic (exact) mass is 267 g/mol. The van der Waals surface area contributed by atoms with Gasteiger partial charge in [-0.25, -0.2) is 9.97 Å². The third-order valence-corrected chi connectivity index (χ3v) is 2.82. The van der Waals surface area contributed by atoms with Gasteiger partial charge in [-0.2, -0.15) is 4.98 Å². The van der Waals surface area contributed by atoms with Gasteiger partial charge in [-0.15, -0.1) is 0 Å². The van der Waals surface area contributed by atoms with E-state index in [2.05, 4.69) is 20.1 Å². The number of hydrogen-bond acceptors (Lipinski definition) is 6. The molecule has 20 heavy (non-hydrogen) atoms. The molecule has 0 radical (unpaired) electrons. The Labute approximate surface area is 115 Å². The van der Waals surface area contributed by atoms with Crippen molar-refractivity contribution in [3.8, 4) is 11.6 Å². The lowest BCUT2D eigenvalue weighted by Crippen LogP contribution is -2.13. The Morgan fingerprint density at radius 2 is 1.75 bits per heavy atom. The molecule has 6 heteroatoms. The smallest absolute Gasteiger partial charge is 0.244 e. The first-order valence-electron chi connectivity index (χ1n) is 6.23. The second-order valence-corrected chi connectivity index (χ2v) is 4.32. The topological polar surface area (TPSA) is 90.7 Å². The Hall–Kier alpha value is -2.60. The first-order valence-corrected chi connectivity index (χ1v) is 6.23. The van der Waals surface area contributed by atoms with Gasteiger partial charge < -0.3 is 10.3 Å². The minimum atomic E-state index is -0.345. The van der Waals surface area contributed by atoms with E-state index < -0.39 is 0 Å². The van der Waals surface area contributed by atoms with Gasteiger partial charge in [0.1, 0.15) is 0 Å². The molecule has 2 aromatic heterocycles. The largest absolute Gasteiger partial charge is 0.337 e. The summed E-state index contributed by atoms with van der Waals surface area (Å²) in [7, 11) is 0. The normalized spacial score (nSPS) is 12.2. The minimum absolute atomic E-state index is 0.345. The molecule has 0 fully saturated rings. The predicted octanol–water partition coefficient (Wildman–Crippen LogP) is 1.77. The van der Waals surface area contributed by atoms with Crippen LogP contribution in [0.25, 0.3) is 11.6 Å². The van der Waals surface area contributed by atoms with Crippen molar-refractivity contribution in [1.82, 2.24) is 20.1 Å². The number of rotatable bonds is 4. The second kappa shape index (κ2) is 5.58. The molecule has 0 bridgehead atoms. The number of nitrogens with two attached hydrogens (primary N) is 1. The maximum atomic E-state index is 6.08. The molecule has 0 aliphatic rings. The highest BCUT2D eigenvalue weighted by atomic mass is 16.5. The minimum Gasteiger partial charge on any atom is -0.337 e. The predicted molar refractivity (Wildman–Crippen MR) is 72.4 cm³/mol. The van der Waals surface area contributed by atoms with Gasteiger partial charge in [-0.05, 0) is 18.1 Å². The zero-order chi connectivity index (χ0) is 13.8. The van der Waals surface area contributed by atoms with Crippen LogP contribution in [0.3, 0.4) is 0 Å². The van der Waals surface area contributed by atoms with Crippen LogP contribution >= 0.6 is 0 Å². The van der Waals surface area contributed by atoms with Crippen molar-refractivity contribution < 1.29 is 4.52 Å². The van der Waals surface area contributed by atoms with E-state index in [0.29, 0.717) is 24.0 Å². The first-order chi connectivity index (χ1) is 9.83. The van der Waals surface area contributed by atoms with Gasteiger partial charge in [0.15, 0.2) is 0 Å². The van der Waals surface area contributed by atoms with Crippen molar-refractivity contribution in [2.45, 2.75) is 12.5 Å². The maximum Gasteiger partial charge on any atom is 0.244 e. The highest BCUT2D eigenvalue weighted by Crippen LogP contribution is 2.17. The molecule has 1 aromatic carbocycles. The van der Waals surface area contributed by atoms with E-state index in [0.717, 1.165) is 5.56 Å². The molecule has 2 heterocycles. The van der Waals surface area contributed by atoms with E-state index in [1.807, 2.05) is 30.3 Å². The van der Waals surface area contributed by atoms with Gasteiger partial charge in [0.2, 0.25) is 17.5 Å². The lowest BCUT2D eigenvalue weighted by atomic mass is 10.1. The molecular formula is C14H13N5O. The van der Waals surface area contributed by atoms with Crippen LogP contribution < -0.4 is 5.73 Å². The molecule has 6 nitrogen and oxygen atoms in total. The molecule has 0 aliphatic heterocycles. The third-order valence-electron chi connectivity index (χ3n) is 2.82. The molecule has 0 spiro atoms. The van der Waals surface area contributed by atoms with E-state index >= 15 is 0 Å². The fourth-order valence-electron chi connectivity index (χ4n) is 1.85. The lowest BCUT2D eigenvalue weighted by Gasteiger charge is -2.05. The number of hydrogen-bond donors (Lipinski definition) is 1. The van der Waals surface area contributed by atoms with E-state index in [1.54, 1.807) is 18.5 Å². The van der Waals surface area contributed by atoms with Crippen molar-refractivity contribution in [2.75, 3.05) is 0 Å². The molecule has 3 rings (SSSR count).